The molecule has 4 N–H and O–H groups in total. The predicted octanol–water partition coefficient (Wildman–Crippen LogP) is 3.02. The molecule has 1 unspecified atom stereocenters. The van der Waals surface area contributed by atoms with Crippen molar-refractivity contribution in [2.75, 3.05) is 11.9 Å². The van der Waals surface area contributed by atoms with Crippen molar-refractivity contribution in [1.29, 1.82) is 0 Å². The van der Waals surface area contributed by atoms with Gasteiger partial charge < -0.3 is 16.4 Å². The van der Waals surface area contributed by atoms with Gasteiger partial charge in [0, 0.05) is 4.88 Å². The number of fused-ring (bicyclic) bond motifs is 1. The van der Waals surface area contributed by atoms with E-state index in [9.17, 15) is 19.2 Å². The number of nitrogens with zero attached hydrogens (tertiary/aromatic N) is 1. The van der Waals surface area contributed by atoms with Gasteiger partial charge in [-0.2, -0.15) is 0 Å². The summed E-state index contributed by atoms with van der Waals surface area (Å²) < 4.78 is 0. The number of imide groups is 1. The Balaban J connectivity index is 1.56. The van der Waals surface area contributed by atoms with Crippen LogP contribution in [-0.4, -0.2) is 35.2 Å². The zero-order valence-electron chi connectivity index (χ0n) is 17.8. The van der Waals surface area contributed by atoms with Gasteiger partial charge in [-0.05, 0) is 48.7 Å². The fourth-order valence-corrected chi connectivity index (χ4v) is 4.94. The van der Waals surface area contributed by atoms with Gasteiger partial charge in [0.2, 0.25) is 5.91 Å². The first-order valence-electron chi connectivity index (χ1n) is 9.95. The SMILES string of the molecule is Cc1sc(NC(=O)CN2C(=O)NC(C)(c3ccc4ccccc4c3)C2=O)c(C(N)=O)c1C. The fraction of sp³-hybridized carbons (Fsp3) is 0.217. The number of carbonyl (C=O) groups is 4. The average molecular weight is 451 g/mol. The molecule has 0 saturated carbocycles. The number of anilines is 1. The van der Waals surface area contributed by atoms with Crippen LogP contribution in [0, 0.1) is 13.8 Å². The van der Waals surface area contributed by atoms with E-state index in [1.807, 2.05) is 43.3 Å². The molecule has 0 aliphatic carbocycles. The summed E-state index contributed by atoms with van der Waals surface area (Å²) in [6.45, 7) is 4.69. The van der Waals surface area contributed by atoms with Crippen LogP contribution >= 0.6 is 11.3 Å². The molecule has 0 bridgehead atoms. The van der Waals surface area contributed by atoms with Gasteiger partial charge in [0.15, 0.2) is 0 Å². The fourth-order valence-electron chi connectivity index (χ4n) is 3.86. The van der Waals surface area contributed by atoms with Crippen LogP contribution in [0.15, 0.2) is 42.5 Å². The van der Waals surface area contributed by atoms with Gasteiger partial charge in [0.25, 0.3) is 11.8 Å². The Kier molecular flexibility index (Phi) is 5.21. The monoisotopic (exact) mass is 450 g/mol. The van der Waals surface area contributed by atoms with Crippen LogP contribution in [0.1, 0.15) is 33.3 Å². The highest BCUT2D eigenvalue weighted by atomic mass is 32.1. The van der Waals surface area contributed by atoms with Gasteiger partial charge in [0.1, 0.15) is 17.1 Å². The molecule has 1 aliphatic rings. The Labute approximate surface area is 188 Å². The molecule has 0 spiro atoms. The van der Waals surface area contributed by atoms with Gasteiger partial charge >= 0.3 is 6.03 Å². The molecule has 1 aromatic heterocycles. The highest BCUT2D eigenvalue weighted by Gasteiger charge is 2.49. The summed E-state index contributed by atoms with van der Waals surface area (Å²) in [5.41, 5.74) is 5.69. The molecular formula is C23H22N4O4S. The molecule has 32 heavy (non-hydrogen) atoms. The van der Waals surface area contributed by atoms with E-state index >= 15 is 0 Å². The van der Waals surface area contributed by atoms with Crippen molar-refractivity contribution in [2.24, 2.45) is 5.73 Å². The lowest BCUT2D eigenvalue weighted by atomic mass is 9.90. The quantitative estimate of drug-likeness (QED) is 0.517. The van der Waals surface area contributed by atoms with Crippen LogP contribution in [-0.2, 0) is 15.1 Å². The van der Waals surface area contributed by atoms with Gasteiger partial charge in [-0.15, -0.1) is 11.3 Å². The zero-order valence-corrected chi connectivity index (χ0v) is 18.6. The van der Waals surface area contributed by atoms with Crippen LogP contribution < -0.4 is 16.4 Å². The predicted molar refractivity (Wildman–Crippen MR) is 122 cm³/mol. The van der Waals surface area contributed by atoms with E-state index < -0.39 is 35.8 Å². The molecule has 0 radical (unpaired) electrons. The first-order chi connectivity index (χ1) is 15.1. The van der Waals surface area contributed by atoms with Crippen LogP contribution in [0.3, 0.4) is 0 Å². The minimum Gasteiger partial charge on any atom is -0.365 e. The topological polar surface area (TPSA) is 122 Å². The number of thiophene rings is 1. The second-order valence-electron chi connectivity index (χ2n) is 7.91. The molecule has 2 heterocycles. The van der Waals surface area contributed by atoms with Crippen molar-refractivity contribution in [1.82, 2.24) is 10.2 Å². The molecule has 2 aromatic carbocycles. The van der Waals surface area contributed by atoms with Crippen molar-refractivity contribution in [2.45, 2.75) is 26.3 Å². The Morgan fingerprint density at radius 3 is 2.50 bits per heavy atom. The average Bonchev–Trinajstić information content (AvgIpc) is 3.14. The van der Waals surface area contributed by atoms with Crippen molar-refractivity contribution in [3.05, 3.63) is 64.0 Å². The summed E-state index contributed by atoms with van der Waals surface area (Å²) in [4.78, 5) is 51.9. The lowest BCUT2D eigenvalue weighted by molar-refractivity contribution is -0.133. The van der Waals surface area contributed by atoms with Gasteiger partial charge in [-0.3, -0.25) is 19.3 Å². The maximum atomic E-state index is 13.2. The molecule has 4 rings (SSSR count). The largest absolute Gasteiger partial charge is 0.365 e. The van der Waals surface area contributed by atoms with E-state index in [0.717, 1.165) is 20.5 Å². The van der Waals surface area contributed by atoms with Crippen LogP contribution in [0.25, 0.3) is 10.8 Å². The standard InChI is InChI=1S/C23H22N4O4S/c1-12-13(2)32-20(18(12)19(24)29)25-17(28)11-27-21(30)23(3,26-22(27)31)16-9-8-14-6-4-5-7-15(14)10-16/h4-10H,11H2,1-3H3,(H2,24,29)(H,25,28)(H,26,31). The molecule has 1 saturated heterocycles. The summed E-state index contributed by atoms with van der Waals surface area (Å²) in [5.74, 6) is -1.78. The van der Waals surface area contributed by atoms with Gasteiger partial charge in [0.05, 0.1) is 5.56 Å². The number of rotatable bonds is 5. The minimum atomic E-state index is -1.30. The lowest BCUT2D eigenvalue weighted by Crippen LogP contribution is -2.42. The van der Waals surface area contributed by atoms with E-state index in [2.05, 4.69) is 10.6 Å². The number of nitrogens with two attached hydrogens (primary N) is 1. The summed E-state index contributed by atoms with van der Waals surface area (Å²) in [5, 5.41) is 7.58. The molecule has 5 amide bonds. The van der Waals surface area contributed by atoms with Gasteiger partial charge in [-0.1, -0.05) is 36.4 Å². The third-order valence-corrected chi connectivity index (χ3v) is 6.91. The molecule has 1 fully saturated rings. The van der Waals surface area contributed by atoms with E-state index in [1.165, 1.54) is 11.3 Å². The first-order valence-corrected chi connectivity index (χ1v) is 10.8. The lowest BCUT2D eigenvalue weighted by Gasteiger charge is -2.22. The minimum absolute atomic E-state index is 0.235. The normalized spacial score (nSPS) is 18.2. The maximum Gasteiger partial charge on any atom is 0.325 e. The number of nitrogens with one attached hydrogen (secondary N) is 2. The van der Waals surface area contributed by atoms with E-state index in [0.29, 0.717) is 16.1 Å². The van der Waals surface area contributed by atoms with Crippen LogP contribution in [0.4, 0.5) is 9.80 Å². The Morgan fingerprint density at radius 1 is 1.12 bits per heavy atom. The Morgan fingerprint density at radius 2 is 1.81 bits per heavy atom. The first kappa shape index (κ1) is 21.5. The van der Waals surface area contributed by atoms with Crippen molar-refractivity contribution in [3.63, 3.8) is 0 Å². The summed E-state index contributed by atoms with van der Waals surface area (Å²) in [6, 6.07) is 12.6. The number of benzene rings is 2. The molecule has 9 heteroatoms. The Hall–Kier alpha value is -3.72. The van der Waals surface area contributed by atoms with Gasteiger partial charge in [-0.25, -0.2) is 4.79 Å². The smallest absolute Gasteiger partial charge is 0.325 e. The summed E-state index contributed by atoms with van der Waals surface area (Å²) in [7, 11) is 0. The number of primary amides is 1. The molecule has 164 valence electrons. The van der Waals surface area contributed by atoms with Crippen LogP contribution in [0.2, 0.25) is 0 Å². The third kappa shape index (κ3) is 3.50. The van der Waals surface area contributed by atoms with Crippen molar-refractivity contribution >= 4 is 50.9 Å². The molecule has 8 nitrogen and oxygen atoms in total. The van der Waals surface area contributed by atoms with Crippen molar-refractivity contribution < 1.29 is 19.2 Å². The molecular weight excluding hydrogens is 428 g/mol. The molecule has 3 aromatic rings. The number of hydrogen-bond acceptors (Lipinski definition) is 5. The molecule has 1 aliphatic heterocycles. The van der Waals surface area contributed by atoms with E-state index in [1.54, 1.807) is 19.9 Å². The Bertz CT molecular complexity index is 1300. The number of aryl methyl sites for hydroxylation is 1. The number of amides is 5. The number of urea groups is 1. The maximum absolute atomic E-state index is 13.2. The third-order valence-electron chi connectivity index (χ3n) is 5.79. The number of hydrogen-bond donors (Lipinski definition) is 3. The van der Waals surface area contributed by atoms with Crippen LogP contribution in [0.5, 0.6) is 0 Å². The van der Waals surface area contributed by atoms with Crippen molar-refractivity contribution in [3.8, 4) is 0 Å². The highest BCUT2D eigenvalue weighted by molar-refractivity contribution is 7.16. The van der Waals surface area contributed by atoms with E-state index in [-0.39, 0.29) is 5.56 Å². The number of carbonyl (C=O) groups excluding carboxylic acids is 4. The highest BCUT2D eigenvalue weighted by Crippen LogP contribution is 2.33. The zero-order chi connectivity index (χ0) is 23.2. The molecule has 1 atom stereocenters. The summed E-state index contributed by atoms with van der Waals surface area (Å²) in [6.07, 6.45) is 0. The second kappa shape index (κ2) is 7.76. The second-order valence-corrected chi connectivity index (χ2v) is 9.13. The summed E-state index contributed by atoms with van der Waals surface area (Å²) >= 11 is 1.22. The van der Waals surface area contributed by atoms with E-state index in [4.69, 9.17) is 5.73 Å².